The minimum Gasteiger partial charge on any atom is -0.0759 e. The summed E-state index contributed by atoms with van der Waals surface area (Å²) in [5.41, 5.74) is 0.894. The summed E-state index contributed by atoms with van der Waals surface area (Å²) in [5.74, 6) is 0. The van der Waals surface area contributed by atoms with Crippen molar-refractivity contribution in [1.82, 2.24) is 0 Å². The average molecular weight is 142 g/mol. The first-order valence-electron chi connectivity index (χ1n) is 2.44. The standard InChI is InChI=1S/C4H10Si3/c1-4(2)7(5)6-3/h4H,1-3H3. The van der Waals surface area contributed by atoms with Crippen molar-refractivity contribution in [2.24, 2.45) is 0 Å². The minimum atomic E-state index is -0.113. The third kappa shape index (κ3) is 3.25. The maximum atomic E-state index is 3.70. The van der Waals surface area contributed by atoms with Gasteiger partial charge >= 0.3 is 0 Å². The molecule has 0 nitrogen and oxygen atoms in total. The van der Waals surface area contributed by atoms with E-state index in [2.05, 4.69) is 30.2 Å². The Bertz CT molecular complexity index is 44.2. The molecule has 0 fully saturated rings. The highest BCUT2D eigenvalue weighted by Crippen LogP contribution is 2.00. The largest absolute Gasteiger partial charge is 0.0759 e. The quantitative estimate of drug-likeness (QED) is 0.501. The Labute approximate surface area is 53.1 Å². The first-order valence-corrected chi connectivity index (χ1v) is 8.02. The van der Waals surface area contributed by atoms with Gasteiger partial charge in [-0.25, -0.2) is 0 Å². The van der Waals surface area contributed by atoms with E-state index in [4.69, 9.17) is 0 Å². The molecule has 3 heteroatoms. The highest BCUT2D eigenvalue weighted by atomic mass is 29.5. The van der Waals surface area contributed by atoms with E-state index in [9.17, 15) is 0 Å². The molecule has 0 bridgehead atoms. The lowest BCUT2D eigenvalue weighted by molar-refractivity contribution is 1.07. The van der Waals surface area contributed by atoms with Gasteiger partial charge in [0.25, 0.3) is 0 Å². The molecule has 0 spiro atoms. The van der Waals surface area contributed by atoms with Crippen LogP contribution in [0, 0.1) is 0 Å². The van der Waals surface area contributed by atoms with Gasteiger partial charge in [0.2, 0.25) is 0 Å². The van der Waals surface area contributed by atoms with Crippen molar-refractivity contribution in [3.63, 3.8) is 0 Å². The molecule has 7 heavy (non-hydrogen) atoms. The second-order valence-electron chi connectivity index (χ2n) is 1.82. The van der Waals surface area contributed by atoms with Crippen molar-refractivity contribution < 1.29 is 0 Å². The molecule has 0 saturated carbocycles. The second kappa shape index (κ2) is 3.63. The van der Waals surface area contributed by atoms with Crippen LogP contribution in [0.2, 0.25) is 12.1 Å². The molecule has 0 aliphatic rings. The lowest BCUT2D eigenvalue weighted by Gasteiger charge is -2.07. The predicted octanol–water partition coefficient (Wildman–Crippen LogP) is 0.805. The van der Waals surface area contributed by atoms with Crippen LogP contribution in [-0.2, 0) is 0 Å². The van der Waals surface area contributed by atoms with Crippen molar-refractivity contribution >= 4 is 26.6 Å². The van der Waals surface area contributed by atoms with Gasteiger partial charge in [0.1, 0.15) is 0 Å². The number of rotatable bonds is 2. The molecule has 0 N–H and O–H groups in total. The van der Waals surface area contributed by atoms with E-state index in [1.54, 1.807) is 0 Å². The molecule has 6 radical (unpaired) electrons. The zero-order chi connectivity index (χ0) is 5.86. The highest BCUT2D eigenvalue weighted by molar-refractivity contribution is 7.35. The smallest absolute Gasteiger partial charge is 0.0211 e. The summed E-state index contributed by atoms with van der Waals surface area (Å²) in [7, 11) is 4.72. The molecule has 0 aromatic carbocycles. The van der Waals surface area contributed by atoms with E-state index < -0.39 is 0 Å². The van der Waals surface area contributed by atoms with E-state index >= 15 is 0 Å². The van der Waals surface area contributed by atoms with E-state index in [0.717, 1.165) is 14.6 Å². The zero-order valence-electron chi connectivity index (χ0n) is 5.08. The summed E-state index contributed by atoms with van der Waals surface area (Å²) in [4.78, 5) is 0. The van der Waals surface area contributed by atoms with Crippen LogP contribution in [-0.4, -0.2) is 26.6 Å². The average Bonchev–Trinajstić information content (AvgIpc) is 1.65. The predicted molar refractivity (Wildman–Crippen MR) is 38.2 cm³/mol. The Hall–Kier alpha value is 0.651. The first kappa shape index (κ1) is 7.65. The molecule has 0 amide bonds. The van der Waals surface area contributed by atoms with Crippen LogP contribution in [0.25, 0.3) is 0 Å². The van der Waals surface area contributed by atoms with Gasteiger partial charge in [-0.2, -0.15) is 0 Å². The van der Waals surface area contributed by atoms with E-state index in [-0.39, 0.29) is 7.83 Å². The van der Waals surface area contributed by atoms with Gasteiger partial charge in [0.15, 0.2) is 0 Å². The van der Waals surface area contributed by atoms with E-state index in [1.807, 2.05) is 0 Å². The SMILES string of the molecule is C[Si][Si]([Si])C(C)C. The molecule has 0 aliphatic carbocycles. The number of hydrogen-bond acceptors (Lipinski definition) is 0. The van der Waals surface area contributed by atoms with Gasteiger partial charge in [-0.05, 0) is 0 Å². The maximum Gasteiger partial charge on any atom is 0.0211 e. The van der Waals surface area contributed by atoms with Crippen LogP contribution in [0.15, 0.2) is 0 Å². The lowest BCUT2D eigenvalue weighted by atomic mass is 10.6. The molecule has 0 unspecified atom stereocenters. The maximum absolute atomic E-state index is 3.70. The van der Waals surface area contributed by atoms with Crippen molar-refractivity contribution in [1.29, 1.82) is 0 Å². The minimum absolute atomic E-state index is 0.113. The van der Waals surface area contributed by atoms with Gasteiger partial charge in [-0.1, -0.05) is 25.9 Å². The molecule has 38 valence electrons. The van der Waals surface area contributed by atoms with Crippen LogP contribution in [0.3, 0.4) is 0 Å². The van der Waals surface area contributed by atoms with Gasteiger partial charge < -0.3 is 0 Å². The van der Waals surface area contributed by atoms with Crippen molar-refractivity contribution in [2.75, 3.05) is 0 Å². The molecule has 0 rings (SSSR count). The molecule has 0 aromatic heterocycles. The number of hydrogen-bond donors (Lipinski definition) is 0. The fourth-order valence-electron chi connectivity index (χ4n) is 0.289. The third-order valence-electron chi connectivity index (χ3n) is 0.847. The van der Waals surface area contributed by atoms with Crippen molar-refractivity contribution in [2.45, 2.75) is 25.9 Å². The van der Waals surface area contributed by atoms with Crippen molar-refractivity contribution in [3.05, 3.63) is 0 Å². The molecule has 0 aliphatic heterocycles. The molecular formula is C4H10Si3. The molecular weight excluding hydrogens is 132 g/mol. The molecule has 0 heterocycles. The Morgan fingerprint density at radius 3 is 2.00 bits per heavy atom. The fourth-order valence-corrected chi connectivity index (χ4v) is 2.60. The summed E-state index contributed by atoms with van der Waals surface area (Å²) in [5, 5.41) is 0. The Morgan fingerprint density at radius 2 is 2.00 bits per heavy atom. The molecule has 0 aromatic rings. The Balaban J connectivity index is 3.14. The summed E-state index contributed by atoms with van der Waals surface area (Å²) < 4.78 is 0. The fraction of sp³-hybridized carbons (Fsp3) is 1.00. The van der Waals surface area contributed by atoms with Gasteiger partial charge in [-0.3, -0.25) is 0 Å². The third-order valence-corrected chi connectivity index (χ3v) is 9.87. The molecule has 0 saturated heterocycles. The van der Waals surface area contributed by atoms with Gasteiger partial charge in [0.05, 0.1) is 0 Å². The van der Waals surface area contributed by atoms with Crippen LogP contribution in [0.1, 0.15) is 13.8 Å². The monoisotopic (exact) mass is 142 g/mol. The normalized spacial score (nSPS) is 11.1. The topological polar surface area (TPSA) is 0 Å². The summed E-state index contributed by atoms with van der Waals surface area (Å²) >= 11 is 0. The summed E-state index contributed by atoms with van der Waals surface area (Å²) in [6.07, 6.45) is 0. The highest BCUT2D eigenvalue weighted by Gasteiger charge is 2.04. The van der Waals surface area contributed by atoms with E-state index in [0.29, 0.717) is 0 Å². The van der Waals surface area contributed by atoms with Crippen molar-refractivity contribution in [3.8, 4) is 0 Å². The Morgan fingerprint density at radius 1 is 1.57 bits per heavy atom. The van der Waals surface area contributed by atoms with Gasteiger partial charge in [-0.15, -0.1) is 0 Å². The van der Waals surface area contributed by atoms with Crippen LogP contribution < -0.4 is 0 Å². The summed E-state index contributed by atoms with van der Waals surface area (Å²) in [6.45, 7) is 6.82. The summed E-state index contributed by atoms with van der Waals surface area (Å²) in [6, 6.07) is 0. The second-order valence-corrected chi connectivity index (χ2v) is 10.5. The van der Waals surface area contributed by atoms with Crippen LogP contribution >= 0.6 is 0 Å². The van der Waals surface area contributed by atoms with Gasteiger partial charge in [0, 0.05) is 26.6 Å². The molecule has 0 atom stereocenters. The van der Waals surface area contributed by atoms with Crippen LogP contribution in [0.5, 0.6) is 0 Å². The van der Waals surface area contributed by atoms with Crippen LogP contribution in [0.4, 0.5) is 0 Å². The zero-order valence-corrected chi connectivity index (χ0v) is 8.08. The lowest BCUT2D eigenvalue weighted by Crippen LogP contribution is -2.23. The van der Waals surface area contributed by atoms with E-state index in [1.165, 1.54) is 0 Å². The Kier molecular flexibility index (Phi) is 3.97. The first-order chi connectivity index (χ1) is 3.18.